The lowest BCUT2D eigenvalue weighted by Gasteiger charge is -2.24. The highest BCUT2D eigenvalue weighted by molar-refractivity contribution is 7.89. The number of benzene rings is 2. The molecule has 0 bridgehead atoms. The Morgan fingerprint density at radius 1 is 1.04 bits per heavy atom. The molecule has 6 nitrogen and oxygen atoms in total. The van der Waals surface area contributed by atoms with Gasteiger partial charge in [-0.15, -0.1) is 0 Å². The summed E-state index contributed by atoms with van der Waals surface area (Å²) >= 11 is 0. The largest absolute Gasteiger partial charge is 0.497 e. The molecule has 7 heteroatoms. The molecule has 0 heterocycles. The predicted octanol–water partition coefficient (Wildman–Crippen LogP) is 2.67. The second-order valence-electron chi connectivity index (χ2n) is 6.34. The van der Waals surface area contributed by atoms with Crippen LogP contribution in [0.3, 0.4) is 0 Å². The molecule has 0 aliphatic carbocycles. The Morgan fingerprint density at radius 2 is 1.63 bits per heavy atom. The summed E-state index contributed by atoms with van der Waals surface area (Å²) in [5, 5.41) is 0. The quantitative estimate of drug-likeness (QED) is 0.695. The minimum atomic E-state index is -3.71. The summed E-state index contributed by atoms with van der Waals surface area (Å²) in [6.07, 6.45) is 0. The minimum Gasteiger partial charge on any atom is -0.497 e. The van der Waals surface area contributed by atoms with Gasteiger partial charge in [-0.2, -0.15) is 4.31 Å². The van der Waals surface area contributed by atoms with E-state index in [-0.39, 0.29) is 23.9 Å². The number of carbonyl (C=O) groups is 1. The Labute approximate surface area is 161 Å². The van der Waals surface area contributed by atoms with Gasteiger partial charge in [0.2, 0.25) is 15.9 Å². The van der Waals surface area contributed by atoms with Gasteiger partial charge >= 0.3 is 0 Å². The van der Waals surface area contributed by atoms with Gasteiger partial charge in [-0.3, -0.25) is 4.79 Å². The molecule has 2 rings (SSSR count). The first-order valence-corrected chi connectivity index (χ1v) is 10.2. The molecule has 0 atom stereocenters. The van der Waals surface area contributed by atoms with Gasteiger partial charge in [0.1, 0.15) is 5.75 Å². The highest BCUT2D eigenvalue weighted by Gasteiger charge is 2.26. The first-order chi connectivity index (χ1) is 12.8. The fourth-order valence-electron chi connectivity index (χ4n) is 2.59. The van der Waals surface area contributed by atoms with Crippen LogP contribution in [0, 0.1) is 6.92 Å². The molecule has 0 radical (unpaired) electrons. The third-order valence-electron chi connectivity index (χ3n) is 4.33. The van der Waals surface area contributed by atoms with Crippen LogP contribution in [0.5, 0.6) is 5.75 Å². The van der Waals surface area contributed by atoms with E-state index in [1.54, 1.807) is 45.3 Å². The summed E-state index contributed by atoms with van der Waals surface area (Å²) in [5.41, 5.74) is 1.92. The van der Waals surface area contributed by atoms with Gasteiger partial charge < -0.3 is 9.64 Å². The number of ether oxygens (including phenoxy) is 1. The average molecular weight is 391 g/mol. The van der Waals surface area contributed by atoms with Crippen molar-refractivity contribution in [1.82, 2.24) is 9.21 Å². The van der Waals surface area contributed by atoms with Gasteiger partial charge in [0.15, 0.2) is 0 Å². The van der Waals surface area contributed by atoms with Crippen LogP contribution in [-0.4, -0.2) is 50.8 Å². The molecule has 0 spiro atoms. The number of hydrogen-bond donors (Lipinski definition) is 0. The zero-order valence-electron chi connectivity index (χ0n) is 16.2. The molecule has 2 aromatic carbocycles. The van der Waals surface area contributed by atoms with Crippen LogP contribution in [0.2, 0.25) is 0 Å². The fraction of sp³-hybridized carbons (Fsp3) is 0.350. The fourth-order valence-corrected chi connectivity index (χ4v) is 3.99. The van der Waals surface area contributed by atoms with Crippen molar-refractivity contribution in [3.05, 3.63) is 59.7 Å². The molecule has 0 aliphatic rings. The van der Waals surface area contributed by atoms with Crippen LogP contribution in [-0.2, 0) is 21.4 Å². The van der Waals surface area contributed by atoms with Crippen molar-refractivity contribution >= 4 is 15.9 Å². The van der Waals surface area contributed by atoms with Crippen molar-refractivity contribution in [2.24, 2.45) is 0 Å². The molecule has 0 fully saturated rings. The van der Waals surface area contributed by atoms with Crippen molar-refractivity contribution in [2.45, 2.75) is 25.3 Å². The van der Waals surface area contributed by atoms with Gasteiger partial charge in [-0.1, -0.05) is 36.8 Å². The van der Waals surface area contributed by atoms with E-state index in [2.05, 4.69) is 0 Å². The number of aryl methyl sites for hydroxylation is 1. The summed E-state index contributed by atoms with van der Waals surface area (Å²) in [6, 6.07) is 14.0. The summed E-state index contributed by atoms with van der Waals surface area (Å²) in [6.45, 7) is 4.04. The van der Waals surface area contributed by atoms with Crippen LogP contribution < -0.4 is 4.74 Å². The number of hydrogen-bond acceptors (Lipinski definition) is 4. The highest BCUT2D eigenvalue weighted by Crippen LogP contribution is 2.17. The van der Waals surface area contributed by atoms with Crippen molar-refractivity contribution in [1.29, 1.82) is 0 Å². The normalized spacial score (nSPS) is 11.4. The monoisotopic (exact) mass is 390 g/mol. The van der Waals surface area contributed by atoms with Crippen molar-refractivity contribution < 1.29 is 17.9 Å². The summed E-state index contributed by atoms with van der Waals surface area (Å²) in [5.74, 6) is 0.484. The van der Waals surface area contributed by atoms with E-state index in [1.807, 2.05) is 31.2 Å². The topological polar surface area (TPSA) is 66.9 Å². The second-order valence-corrected chi connectivity index (χ2v) is 8.28. The van der Waals surface area contributed by atoms with E-state index in [4.69, 9.17) is 4.74 Å². The van der Waals surface area contributed by atoms with Crippen molar-refractivity contribution in [2.75, 3.05) is 27.2 Å². The summed E-state index contributed by atoms with van der Waals surface area (Å²) in [4.78, 5) is 14.3. The number of nitrogens with zero attached hydrogens (tertiary/aromatic N) is 2. The Morgan fingerprint density at radius 3 is 2.15 bits per heavy atom. The average Bonchev–Trinajstić information content (AvgIpc) is 2.66. The third kappa shape index (κ3) is 5.30. The molecule has 27 heavy (non-hydrogen) atoms. The SMILES string of the molecule is CCN(CC(=O)N(C)Cc1ccc(OC)cc1)S(=O)(=O)c1ccc(C)cc1. The van der Waals surface area contributed by atoms with E-state index in [9.17, 15) is 13.2 Å². The Kier molecular flexibility index (Phi) is 6.98. The molecule has 2 aromatic rings. The number of methoxy groups -OCH3 is 1. The van der Waals surface area contributed by atoms with Crippen LogP contribution in [0.1, 0.15) is 18.1 Å². The standard InChI is InChI=1S/C20H26N2O4S/c1-5-22(27(24,25)19-12-6-16(2)7-13-19)15-20(23)21(3)14-17-8-10-18(26-4)11-9-17/h6-13H,5,14-15H2,1-4H3. The Hall–Kier alpha value is -2.38. The van der Waals surface area contributed by atoms with E-state index in [0.717, 1.165) is 16.9 Å². The molecule has 0 aliphatic heterocycles. The number of amides is 1. The summed E-state index contributed by atoms with van der Waals surface area (Å²) in [7, 11) is -0.448. The maximum atomic E-state index is 12.8. The Balaban J connectivity index is 2.07. The van der Waals surface area contributed by atoms with Crippen molar-refractivity contribution in [3.8, 4) is 5.75 Å². The minimum absolute atomic E-state index is 0.195. The lowest BCUT2D eigenvalue weighted by atomic mass is 10.2. The van der Waals surface area contributed by atoms with E-state index >= 15 is 0 Å². The first kappa shape index (κ1) is 20.9. The molecular formula is C20H26N2O4S. The zero-order chi connectivity index (χ0) is 20.0. The van der Waals surface area contributed by atoms with Gasteiger partial charge in [0, 0.05) is 20.1 Å². The molecule has 0 saturated heterocycles. The van der Waals surface area contributed by atoms with E-state index in [0.29, 0.717) is 6.54 Å². The third-order valence-corrected chi connectivity index (χ3v) is 6.26. The zero-order valence-corrected chi connectivity index (χ0v) is 17.0. The summed E-state index contributed by atoms with van der Waals surface area (Å²) < 4.78 is 31.9. The lowest BCUT2D eigenvalue weighted by molar-refractivity contribution is -0.130. The number of carbonyl (C=O) groups excluding carboxylic acids is 1. The highest BCUT2D eigenvalue weighted by atomic mass is 32.2. The number of rotatable bonds is 8. The first-order valence-electron chi connectivity index (χ1n) is 8.71. The number of sulfonamides is 1. The van der Waals surface area contributed by atoms with Crippen LogP contribution in [0.15, 0.2) is 53.4 Å². The van der Waals surface area contributed by atoms with E-state index in [1.165, 1.54) is 9.21 Å². The maximum absolute atomic E-state index is 12.8. The van der Waals surface area contributed by atoms with Crippen LogP contribution >= 0.6 is 0 Å². The molecule has 1 amide bonds. The molecule has 0 unspecified atom stereocenters. The van der Waals surface area contributed by atoms with Gasteiger partial charge in [0.25, 0.3) is 0 Å². The van der Waals surface area contributed by atoms with Crippen LogP contribution in [0.25, 0.3) is 0 Å². The Bertz CT molecular complexity index is 862. The smallest absolute Gasteiger partial charge is 0.243 e. The molecule has 146 valence electrons. The molecule has 0 N–H and O–H groups in total. The number of likely N-dealkylation sites (N-methyl/N-ethyl adjacent to an activating group) is 2. The molecule has 0 aromatic heterocycles. The lowest BCUT2D eigenvalue weighted by Crippen LogP contribution is -2.41. The molecule has 0 saturated carbocycles. The second kappa shape index (κ2) is 9.01. The predicted molar refractivity (Wildman–Crippen MR) is 105 cm³/mol. The van der Waals surface area contributed by atoms with E-state index < -0.39 is 10.0 Å². The van der Waals surface area contributed by atoms with Crippen molar-refractivity contribution in [3.63, 3.8) is 0 Å². The van der Waals surface area contributed by atoms with Gasteiger partial charge in [-0.05, 0) is 36.8 Å². The van der Waals surface area contributed by atoms with Gasteiger partial charge in [-0.25, -0.2) is 8.42 Å². The van der Waals surface area contributed by atoms with Gasteiger partial charge in [0.05, 0.1) is 18.6 Å². The van der Waals surface area contributed by atoms with Crippen LogP contribution in [0.4, 0.5) is 0 Å². The molecular weight excluding hydrogens is 364 g/mol. The maximum Gasteiger partial charge on any atom is 0.243 e.